The zero-order valence-corrected chi connectivity index (χ0v) is 27.9. The van der Waals surface area contributed by atoms with E-state index in [1.165, 1.54) is 20.8 Å². The zero-order chi connectivity index (χ0) is 32.3. The molecule has 4 aliphatic carbocycles. The molecule has 0 aromatic carbocycles. The van der Waals surface area contributed by atoms with Gasteiger partial charge in [-0.2, -0.15) is 0 Å². The molecular weight excluding hydrogens is 544 g/mol. The van der Waals surface area contributed by atoms with Crippen LogP contribution in [0.15, 0.2) is 35.5 Å². The minimum absolute atomic E-state index is 0.0454. The van der Waals surface area contributed by atoms with Gasteiger partial charge in [-0.15, -0.1) is 0 Å². The van der Waals surface area contributed by atoms with Crippen molar-refractivity contribution in [3.8, 4) is 0 Å². The van der Waals surface area contributed by atoms with Crippen molar-refractivity contribution in [3.63, 3.8) is 0 Å². The van der Waals surface area contributed by atoms with Crippen molar-refractivity contribution in [3.05, 3.63) is 35.5 Å². The molecule has 0 bridgehead atoms. The number of ether oxygens (including phenoxy) is 3. The van der Waals surface area contributed by atoms with Gasteiger partial charge in [-0.05, 0) is 81.6 Å². The summed E-state index contributed by atoms with van der Waals surface area (Å²) in [5, 5.41) is 0. The van der Waals surface area contributed by atoms with E-state index in [0.29, 0.717) is 18.8 Å². The van der Waals surface area contributed by atoms with Crippen LogP contribution in [0.25, 0.3) is 0 Å². The summed E-state index contributed by atoms with van der Waals surface area (Å²) in [5.74, 6) is -0.669. The predicted octanol–water partition coefficient (Wildman–Crippen LogP) is 7.09. The Morgan fingerprint density at radius 1 is 0.837 bits per heavy atom. The molecule has 4 rings (SSSR count). The van der Waals surface area contributed by atoms with Crippen LogP contribution in [0.1, 0.15) is 108 Å². The molecular formula is C36H52O7. The van der Waals surface area contributed by atoms with Crippen molar-refractivity contribution in [2.45, 2.75) is 126 Å². The number of allylic oxidation sites excluding steroid dienone is 4. The summed E-state index contributed by atoms with van der Waals surface area (Å²) in [5.41, 5.74) is 1.22. The first kappa shape index (κ1) is 33.2. The fourth-order valence-corrected chi connectivity index (χ4v) is 10.2. The van der Waals surface area contributed by atoms with Crippen LogP contribution in [0.2, 0.25) is 0 Å². The second kappa shape index (κ2) is 11.3. The summed E-state index contributed by atoms with van der Waals surface area (Å²) in [6.07, 6.45) is 7.98. The van der Waals surface area contributed by atoms with Gasteiger partial charge >= 0.3 is 17.9 Å². The topological polar surface area (TPSA) is 96.0 Å². The van der Waals surface area contributed by atoms with E-state index < -0.39 is 23.6 Å². The maximum atomic E-state index is 13.9. The molecule has 238 valence electrons. The van der Waals surface area contributed by atoms with E-state index in [2.05, 4.69) is 34.3 Å². The number of carbonyl (C=O) groups is 4. The van der Waals surface area contributed by atoms with E-state index in [-0.39, 0.29) is 51.9 Å². The quantitative estimate of drug-likeness (QED) is 0.140. The van der Waals surface area contributed by atoms with E-state index in [0.717, 1.165) is 42.4 Å². The van der Waals surface area contributed by atoms with Gasteiger partial charge in [0.05, 0.1) is 0 Å². The standard InChI is InChI=1S/C36H52O7/c1-20(2)25-18-31(42-23(5)38)36(11,43-24(6)39)26(25)13-12-21(3)32-27(40)19-29-34(9)17-15-30(41-22(4)37)33(7,8)28(34)14-16-35(29,32)10/h12-13,25-26,28-31H,1,14-19H2,2-11H3/b13-12+,32-21+/t25-,26-,28-,29-,30-,31-,34-,35-,36-/m0/s1. The molecule has 0 aromatic heterocycles. The van der Waals surface area contributed by atoms with Crippen molar-refractivity contribution in [2.75, 3.05) is 0 Å². The van der Waals surface area contributed by atoms with Crippen molar-refractivity contribution in [1.29, 1.82) is 0 Å². The van der Waals surface area contributed by atoms with Crippen molar-refractivity contribution < 1.29 is 33.4 Å². The number of rotatable bonds is 6. The van der Waals surface area contributed by atoms with Crippen LogP contribution in [0.3, 0.4) is 0 Å². The molecule has 7 nitrogen and oxygen atoms in total. The lowest BCUT2D eigenvalue weighted by atomic mass is 9.43. The number of hydrogen-bond donors (Lipinski definition) is 0. The fraction of sp³-hybridized carbons (Fsp3) is 0.722. The summed E-state index contributed by atoms with van der Waals surface area (Å²) in [4.78, 5) is 50.0. The number of Topliss-reactive ketones (excluding diaryl/α,β-unsaturated/α-hetero) is 1. The Bertz CT molecular complexity index is 1270. The van der Waals surface area contributed by atoms with Crippen LogP contribution in [0, 0.1) is 39.9 Å². The van der Waals surface area contributed by atoms with Gasteiger partial charge in [-0.25, -0.2) is 0 Å². The third kappa shape index (κ3) is 5.55. The third-order valence-electron chi connectivity index (χ3n) is 12.0. The Morgan fingerprint density at radius 2 is 1.44 bits per heavy atom. The molecule has 4 fully saturated rings. The Hall–Kier alpha value is -2.70. The molecule has 0 unspecified atom stereocenters. The molecule has 7 heteroatoms. The molecule has 4 aliphatic rings. The van der Waals surface area contributed by atoms with Crippen LogP contribution >= 0.6 is 0 Å². The lowest BCUT2D eigenvalue weighted by molar-refractivity contribution is -0.185. The average Bonchev–Trinajstić information content (AvgIpc) is 3.28. The summed E-state index contributed by atoms with van der Waals surface area (Å²) < 4.78 is 17.4. The van der Waals surface area contributed by atoms with E-state index in [4.69, 9.17) is 14.2 Å². The zero-order valence-electron chi connectivity index (χ0n) is 27.9. The minimum Gasteiger partial charge on any atom is -0.462 e. The summed E-state index contributed by atoms with van der Waals surface area (Å²) in [6, 6.07) is 0. The number of hydrogen-bond acceptors (Lipinski definition) is 7. The molecule has 9 atom stereocenters. The lowest BCUT2D eigenvalue weighted by Crippen LogP contribution is -2.58. The van der Waals surface area contributed by atoms with Crippen molar-refractivity contribution >= 4 is 23.7 Å². The fourth-order valence-electron chi connectivity index (χ4n) is 10.2. The van der Waals surface area contributed by atoms with Crippen molar-refractivity contribution in [1.82, 2.24) is 0 Å². The van der Waals surface area contributed by atoms with Crippen LogP contribution in [0.5, 0.6) is 0 Å². The first-order chi connectivity index (χ1) is 19.8. The Kier molecular flexibility index (Phi) is 8.76. The third-order valence-corrected chi connectivity index (χ3v) is 12.0. The lowest BCUT2D eigenvalue weighted by Gasteiger charge is -2.62. The molecule has 4 saturated carbocycles. The predicted molar refractivity (Wildman–Crippen MR) is 165 cm³/mol. The molecule has 43 heavy (non-hydrogen) atoms. The Balaban J connectivity index is 1.70. The summed E-state index contributed by atoms with van der Waals surface area (Å²) >= 11 is 0. The van der Waals surface area contributed by atoms with E-state index >= 15 is 0 Å². The monoisotopic (exact) mass is 596 g/mol. The first-order valence-electron chi connectivity index (χ1n) is 15.9. The van der Waals surface area contributed by atoms with Gasteiger partial charge in [-0.3, -0.25) is 19.2 Å². The van der Waals surface area contributed by atoms with Gasteiger partial charge < -0.3 is 14.2 Å². The smallest absolute Gasteiger partial charge is 0.303 e. The molecule has 0 amide bonds. The highest BCUT2D eigenvalue weighted by Crippen LogP contribution is 2.69. The number of esters is 3. The van der Waals surface area contributed by atoms with Crippen LogP contribution in [-0.2, 0) is 33.4 Å². The second-order valence-electron chi connectivity index (χ2n) is 15.2. The normalized spacial score (nSPS) is 41.3. The number of ketones is 1. The van der Waals surface area contributed by atoms with E-state index in [1.54, 1.807) is 0 Å². The molecule has 0 heterocycles. The van der Waals surface area contributed by atoms with Crippen LogP contribution < -0.4 is 0 Å². The van der Waals surface area contributed by atoms with Gasteiger partial charge in [0.15, 0.2) is 11.4 Å². The van der Waals surface area contributed by atoms with Gasteiger partial charge in [0.1, 0.15) is 12.2 Å². The molecule has 0 saturated heterocycles. The van der Waals surface area contributed by atoms with E-state index in [9.17, 15) is 19.2 Å². The second-order valence-corrected chi connectivity index (χ2v) is 15.2. The number of fused-ring (bicyclic) bond motifs is 3. The summed E-state index contributed by atoms with van der Waals surface area (Å²) in [6.45, 7) is 23.3. The Labute approximate surface area is 257 Å². The highest BCUT2D eigenvalue weighted by atomic mass is 16.6. The van der Waals surface area contributed by atoms with Crippen molar-refractivity contribution in [2.24, 2.45) is 39.9 Å². The highest BCUT2D eigenvalue weighted by molar-refractivity contribution is 6.00. The maximum Gasteiger partial charge on any atom is 0.303 e. The first-order valence-corrected chi connectivity index (χ1v) is 15.9. The SMILES string of the molecule is C=C(C)[C@@H]1C[C@H](OC(C)=O)[C@@](C)(OC(C)=O)[C@H]1/C=C/C(C)=C1\C(=O)C[C@H]2[C@@]3(C)CC[C@H](OC(C)=O)C(C)(C)[C@@H]3CC[C@]12C. The minimum atomic E-state index is -1.06. The average molecular weight is 597 g/mol. The number of carbonyl (C=O) groups excluding carboxylic acids is 4. The van der Waals surface area contributed by atoms with Gasteiger partial charge in [0.25, 0.3) is 0 Å². The van der Waals surface area contributed by atoms with Gasteiger partial charge in [0, 0.05) is 49.5 Å². The largest absolute Gasteiger partial charge is 0.462 e. The molecule has 0 N–H and O–H groups in total. The van der Waals surface area contributed by atoms with Crippen LogP contribution in [-0.4, -0.2) is 41.5 Å². The molecule has 0 aliphatic heterocycles. The maximum absolute atomic E-state index is 13.9. The highest BCUT2D eigenvalue weighted by Gasteiger charge is 2.65. The molecule has 0 spiro atoms. The van der Waals surface area contributed by atoms with Gasteiger partial charge in [-0.1, -0.05) is 52.0 Å². The van der Waals surface area contributed by atoms with Gasteiger partial charge in [0.2, 0.25) is 0 Å². The Morgan fingerprint density at radius 3 is 2.00 bits per heavy atom. The van der Waals surface area contributed by atoms with E-state index in [1.807, 2.05) is 32.9 Å². The summed E-state index contributed by atoms with van der Waals surface area (Å²) in [7, 11) is 0. The molecule has 0 aromatic rings. The van der Waals surface area contributed by atoms with Crippen LogP contribution in [0.4, 0.5) is 0 Å². The molecule has 0 radical (unpaired) electrons.